The van der Waals surface area contributed by atoms with E-state index in [0.29, 0.717) is 5.56 Å². The van der Waals surface area contributed by atoms with Gasteiger partial charge in [-0.15, -0.1) is 43.3 Å². The van der Waals surface area contributed by atoms with E-state index in [-0.39, 0.29) is 85.0 Å². The molecule has 0 fully saturated rings. The number of aromatic hydroxyl groups is 2. The van der Waals surface area contributed by atoms with Crippen LogP contribution >= 0.6 is 11.3 Å². The van der Waals surface area contributed by atoms with Crippen LogP contribution in [0.1, 0.15) is 17.5 Å². The number of nitrogens with zero attached hydrogens (tertiary/aromatic N) is 9. The van der Waals surface area contributed by atoms with Gasteiger partial charge in [0.2, 0.25) is 11.0 Å². The molecule has 5 aromatic carbocycles. The number of thiazole rings is 1. The fourth-order valence-electron chi connectivity index (χ4n) is 6.32. The van der Waals surface area contributed by atoms with Crippen molar-refractivity contribution in [1.29, 1.82) is 0 Å². The maximum Gasteiger partial charge on any atom is 0.425 e. The van der Waals surface area contributed by atoms with Crippen LogP contribution in [0.25, 0.3) is 26.7 Å². The molecule has 0 saturated heterocycles. The van der Waals surface area contributed by atoms with Gasteiger partial charge in [-0.2, -0.15) is 53.0 Å². The van der Waals surface area contributed by atoms with Gasteiger partial charge in [-0.25, -0.2) is 4.98 Å². The first-order valence-electron chi connectivity index (χ1n) is 19.7. The van der Waals surface area contributed by atoms with Crippen molar-refractivity contribution in [3.63, 3.8) is 0 Å². The van der Waals surface area contributed by atoms with Crippen LogP contribution in [-0.4, -0.2) is 117 Å². The molecule has 1 atom stereocenters. The van der Waals surface area contributed by atoms with Crippen molar-refractivity contribution in [3.8, 4) is 23.1 Å². The van der Waals surface area contributed by atoms with Gasteiger partial charge >= 0.3 is 16.8 Å². The maximum absolute atomic E-state index is 12.7. The van der Waals surface area contributed by atoms with Crippen LogP contribution in [0, 0.1) is 6.92 Å². The molecule has 0 spiro atoms. The van der Waals surface area contributed by atoms with Gasteiger partial charge in [-0.3, -0.25) is 22.4 Å². The van der Waals surface area contributed by atoms with Crippen LogP contribution in [0.5, 0.6) is 17.4 Å². The summed E-state index contributed by atoms with van der Waals surface area (Å²) >= 11 is -1.76. The lowest BCUT2D eigenvalue weighted by Gasteiger charge is -2.11. The molecule has 0 aliphatic heterocycles. The molecule has 0 saturated carbocycles. The zero-order chi connectivity index (χ0) is 56.5. The number of aromatic nitrogens is 3. The molecule has 0 aliphatic rings. The second kappa shape index (κ2) is 24.4. The van der Waals surface area contributed by atoms with Gasteiger partial charge in [-0.05, 0) is 85.1 Å². The predicted octanol–water partition coefficient (Wildman–Crippen LogP) is 5.79. The normalized spacial score (nSPS) is 12.6. The van der Waals surface area contributed by atoms with E-state index in [1.54, 1.807) is 6.92 Å². The fraction of sp³-hybridized carbons (Fsp3) is 0.132. The average Bonchev–Trinajstić information content (AvgIpc) is 3.89. The highest BCUT2D eigenvalue weighted by atomic mass is 32.2. The number of phenols is 1. The number of ether oxygens (including phenoxy) is 1. The lowest BCUT2D eigenvalue weighted by atomic mass is 10.1. The Balaban J connectivity index is 0.00000144. The summed E-state index contributed by atoms with van der Waals surface area (Å²) in [5.41, 5.74) is -0.494. The van der Waals surface area contributed by atoms with Crippen molar-refractivity contribution in [3.05, 3.63) is 90.1 Å². The molecule has 402 valence electrons. The van der Waals surface area contributed by atoms with Gasteiger partial charge in [0, 0.05) is 22.6 Å². The van der Waals surface area contributed by atoms with Gasteiger partial charge in [-0.1, -0.05) is 28.5 Å². The number of hydrogen-bond acceptors (Lipinski definition) is 27. The molecule has 31 nitrogen and oxygen atoms in total. The highest BCUT2D eigenvalue weighted by molar-refractivity contribution is 7.86. The SMILES string of the molecule is Cc1cc(N=Nc2ccc3c(S(=O)(=O)O)c(N=Nc4cnn(-c5ccc(S(=O)(=O)O)cc5)c4O)ccc3c2O)c(OCCCS(=O)(=O)O)cc1N=Nc1nc2c(S(=O)(=O)O)cc(CS(=O)[O-])cc2s1.O=C=O.O=S(=O)=O. The minimum absolute atomic E-state index is 0.0186. The average molecular weight is 1190 g/mol. The lowest BCUT2D eigenvalue weighted by molar-refractivity contribution is -0.191. The van der Waals surface area contributed by atoms with E-state index in [0.717, 1.165) is 52.5 Å². The summed E-state index contributed by atoms with van der Waals surface area (Å²) in [6.07, 6.45) is 1.11. The van der Waals surface area contributed by atoms with E-state index >= 15 is 0 Å². The van der Waals surface area contributed by atoms with Gasteiger partial charge in [0.1, 0.15) is 38.1 Å². The van der Waals surface area contributed by atoms with E-state index in [2.05, 4.69) is 40.8 Å². The first kappa shape index (κ1) is 59.3. The second-order valence-corrected chi connectivity index (χ2v) is 22.5. The fourth-order valence-corrected chi connectivity index (χ4v) is 10.2. The zero-order valence-electron chi connectivity index (χ0n) is 37.4. The molecule has 6 N–H and O–H groups in total. The van der Waals surface area contributed by atoms with Crippen LogP contribution < -0.4 is 4.74 Å². The molecule has 38 heteroatoms. The summed E-state index contributed by atoms with van der Waals surface area (Å²) in [7, 11) is -21.9. The Bertz CT molecular complexity index is 4140. The van der Waals surface area contributed by atoms with Gasteiger partial charge in [0.25, 0.3) is 40.5 Å². The lowest BCUT2D eigenvalue weighted by Crippen LogP contribution is -2.08. The molecule has 0 aliphatic carbocycles. The molecule has 76 heavy (non-hydrogen) atoms. The van der Waals surface area contributed by atoms with Crippen molar-refractivity contribution in [2.45, 2.75) is 33.8 Å². The number of fused-ring (bicyclic) bond motifs is 2. The van der Waals surface area contributed by atoms with Crippen LogP contribution in [0.3, 0.4) is 0 Å². The Morgan fingerprint density at radius 3 is 1.88 bits per heavy atom. The molecule has 7 aromatic rings. The van der Waals surface area contributed by atoms with Crippen LogP contribution in [0.2, 0.25) is 0 Å². The number of aryl methyl sites for hydroxylation is 1. The number of carbonyl (C=O) groups excluding carboxylic acids is 2. The summed E-state index contributed by atoms with van der Waals surface area (Å²) in [4.78, 5) is 18.5. The van der Waals surface area contributed by atoms with E-state index in [4.69, 9.17) is 27.0 Å². The summed E-state index contributed by atoms with van der Waals surface area (Å²) in [6, 6.07) is 14.2. The first-order chi connectivity index (χ1) is 35.4. The summed E-state index contributed by atoms with van der Waals surface area (Å²) in [5.74, 6) is -2.52. The zero-order valence-corrected chi connectivity index (χ0v) is 43.1. The molecule has 2 heterocycles. The molecule has 1 unspecified atom stereocenters. The van der Waals surface area contributed by atoms with E-state index in [9.17, 15) is 70.9 Å². The molecule has 0 radical (unpaired) electrons. The van der Waals surface area contributed by atoms with Gasteiger partial charge in [0.05, 0.1) is 39.5 Å². The quantitative estimate of drug-likeness (QED) is 0.0272. The number of rotatable bonds is 17. The molecule has 2 aromatic heterocycles. The number of phenolic OH excluding ortho intramolecular Hbond substituents is 1. The molecule has 0 amide bonds. The number of azo groups is 3. The van der Waals surface area contributed by atoms with Crippen molar-refractivity contribution >= 4 is 134 Å². The Morgan fingerprint density at radius 2 is 1.29 bits per heavy atom. The topological polar surface area (TPSA) is 498 Å². The van der Waals surface area contributed by atoms with Crippen molar-refractivity contribution in [1.82, 2.24) is 14.8 Å². The van der Waals surface area contributed by atoms with E-state index < -0.39 is 106 Å². The molecule has 7 rings (SSSR count). The Kier molecular flexibility index (Phi) is 19.0. The van der Waals surface area contributed by atoms with Crippen molar-refractivity contribution in [2.24, 2.45) is 30.7 Å². The minimum atomic E-state index is -5.11. The van der Waals surface area contributed by atoms with Gasteiger partial charge in [0.15, 0.2) is 11.4 Å². The Hall–Kier alpha value is -7.59. The number of hydrogen-bond donors (Lipinski definition) is 6. The third-order valence-electron chi connectivity index (χ3n) is 9.37. The summed E-state index contributed by atoms with van der Waals surface area (Å²) in [5, 5.41) is 49.7. The maximum atomic E-state index is 12.7. The summed E-state index contributed by atoms with van der Waals surface area (Å²) in [6.45, 7) is 1.28. The van der Waals surface area contributed by atoms with Crippen LogP contribution in [0.15, 0.2) is 124 Å². The summed E-state index contributed by atoms with van der Waals surface area (Å²) < 4.78 is 188. The largest absolute Gasteiger partial charge is 0.772 e. The Morgan fingerprint density at radius 1 is 0.711 bits per heavy atom. The highest BCUT2D eigenvalue weighted by Crippen LogP contribution is 2.44. The van der Waals surface area contributed by atoms with Crippen molar-refractivity contribution < 1.29 is 97.8 Å². The standard InChI is InChI=1S/C37H31N9O17S6.CO2.O3S/c1-19-13-28(30(63-11-2-12-66(51,52)53)16-27(19)42-45-37-39-33-31(64-37)14-20(18-65(49)50)15-32(33)68(57,58)59)43-40-25-9-8-24-23(34(25)47)7-10-26(35(24)69(60,61)62)41-44-29-17-38-46(36(29)48)21-3-5-22(6-4-21)67(54,55)56;2-1-3;1-4(2)3/h3-10,13-17,47-48H,2,11-12,18H2,1H3,(H,49,50)(H,51,52,53)(H,54,55,56)(H,57,58,59)(H,60,61,62);;/p-1. The third-order valence-corrected chi connectivity index (χ3v) is 14.3. The Labute approximate surface area is 434 Å². The molecular formula is C38H30N9O22S7-. The smallest absolute Gasteiger partial charge is 0.425 e. The van der Waals surface area contributed by atoms with E-state index in [1.165, 1.54) is 42.5 Å². The van der Waals surface area contributed by atoms with Crippen LogP contribution in [-0.2, 0) is 77.5 Å². The van der Waals surface area contributed by atoms with Gasteiger partial charge < -0.3 is 19.5 Å². The minimum Gasteiger partial charge on any atom is -0.772 e. The predicted molar refractivity (Wildman–Crippen MR) is 257 cm³/mol. The molecule has 0 bridgehead atoms. The van der Waals surface area contributed by atoms with E-state index in [1.807, 2.05) is 0 Å². The third kappa shape index (κ3) is 15.7. The molecular weight excluding hydrogens is 1160 g/mol. The van der Waals surface area contributed by atoms with Crippen molar-refractivity contribution in [2.75, 3.05) is 12.4 Å². The number of benzene rings is 5. The monoisotopic (exact) mass is 1190 g/mol. The highest BCUT2D eigenvalue weighted by Gasteiger charge is 2.24. The first-order valence-corrected chi connectivity index (χ1v) is 28.7. The van der Waals surface area contributed by atoms with Crippen LogP contribution in [0.4, 0.5) is 33.6 Å². The second-order valence-electron chi connectivity index (χ2n) is 14.5.